The SMILES string of the molecule is CCCCCOc1ccc2cc(C#Cc3ccc(C4CCC(CC)CC4)cc3)ccc2c1. The van der Waals surface area contributed by atoms with E-state index in [9.17, 15) is 0 Å². The highest BCUT2D eigenvalue weighted by Gasteiger charge is 2.20. The minimum Gasteiger partial charge on any atom is -0.494 e. The van der Waals surface area contributed by atoms with Crippen molar-refractivity contribution in [3.63, 3.8) is 0 Å². The minimum atomic E-state index is 0.737. The summed E-state index contributed by atoms with van der Waals surface area (Å²) in [6, 6.07) is 21.7. The molecule has 0 bridgehead atoms. The van der Waals surface area contributed by atoms with Crippen LogP contribution in [0, 0.1) is 17.8 Å². The van der Waals surface area contributed by atoms with E-state index < -0.39 is 0 Å². The first-order chi connectivity index (χ1) is 15.7. The lowest BCUT2D eigenvalue weighted by atomic mass is 9.78. The molecule has 0 unspecified atom stereocenters. The third kappa shape index (κ3) is 5.95. The van der Waals surface area contributed by atoms with E-state index >= 15 is 0 Å². The summed E-state index contributed by atoms with van der Waals surface area (Å²) < 4.78 is 5.89. The number of unbranched alkanes of at least 4 members (excludes halogenated alkanes) is 2. The van der Waals surface area contributed by atoms with Crippen molar-refractivity contribution < 1.29 is 4.74 Å². The molecule has 0 radical (unpaired) electrons. The largest absolute Gasteiger partial charge is 0.494 e. The van der Waals surface area contributed by atoms with Crippen LogP contribution >= 0.6 is 0 Å². The Balaban J connectivity index is 1.39. The van der Waals surface area contributed by atoms with E-state index in [1.807, 2.05) is 0 Å². The van der Waals surface area contributed by atoms with Gasteiger partial charge in [-0.05, 0) is 96.7 Å². The van der Waals surface area contributed by atoms with Crippen LogP contribution in [0.4, 0.5) is 0 Å². The van der Waals surface area contributed by atoms with Crippen molar-refractivity contribution in [2.45, 2.75) is 71.1 Å². The third-order valence-corrected chi connectivity index (χ3v) is 6.99. The standard InChI is InChI=1S/C31H36O/c1-3-5-6-21-32-31-20-19-29-22-26(13-18-30(29)23-31)8-7-25-11-16-28(17-12-25)27-14-9-24(4-2)10-15-27/h11-13,16-20,22-24,27H,3-6,9-10,14-15,21H2,1-2H3. The molecule has 0 N–H and O–H groups in total. The number of benzene rings is 3. The molecule has 1 nitrogen and oxygen atoms in total. The quantitative estimate of drug-likeness (QED) is 0.273. The van der Waals surface area contributed by atoms with Crippen molar-refractivity contribution >= 4 is 10.8 Å². The van der Waals surface area contributed by atoms with Crippen LogP contribution in [0.3, 0.4) is 0 Å². The average molecular weight is 425 g/mol. The molecule has 4 rings (SSSR count). The molecule has 1 aliphatic rings. The summed E-state index contributed by atoms with van der Waals surface area (Å²) in [5.41, 5.74) is 3.63. The van der Waals surface area contributed by atoms with Crippen LogP contribution in [-0.4, -0.2) is 6.61 Å². The number of ether oxygens (including phenoxy) is 1. The summed E-state index contributed by atoms with van der Waals surface area (Å²) in [5.74, 6) is 9.33. The minimum absolute atomic E-state index is 0.737. The van der Waals surface area contributed by atoms with Crippen LogP contribution in [0.15, 0.2) is 60.7 Å². The lowest BCUT2D eigenvalue weighted by molar-refractivity contribution is 0.306. The molecule has 1 aliphatic carbocycles. The molecule has 1 heteroatoms. The van der Waals surface area contributed by atoms with Crippen LogP contribution in [0.25, 0.3) is 10.8 Å². The summed E-state index contributed by atoms with van der Waals surface area (Å²) in [6.45, 7) is 5.33. The van der Waals surface area contributed by atoms with E-state index in [-0.39, 0.29) is 0 Å². The second kappa shape index (κ2) is 11.2. The van der Waals surface area contributed by atoms with Gasteiger partial charge < -0.3 is 4.74 Å². The Kier molecular flexibility index (Phi) is 7.89. The Morgan fingerprint density at radius 3 is 2.19 bits per heavy atom. The van der Waals surface area contributed by atoms with Crippen molar-refractivity contribution in [3.8, 4) is 17.6 Å². The summed E-state index contributed by atoms with van der Waals surface area (Å²) >= 11 is 0. The molecule has 0 amide bonds. The van der Waals surface area contributed by atoms with Crippen molar-refractivity contribution in [2.75, 3.05) is 6.61 Å². The molecule has 0 heterocycles. The van der Waals surface area contributed by atoms with Crippen LogP contribution < -0.4 is 4.74 Å². The Labute approximate surface area is 194 Å². The zero-order chi connectivity index (χ0) is 22.2. The smallest absolute Gasteiger partial charge is 0.119 e. The Bertz CT molecular complexity index is 1060. The number of fused-ring (bicyclic) bond motifs is 1. The molecular weight excluding hydrogens is 388 g/mol. The third-order valence-electron chi connectivity index (χ3n) is 6.99. The second-order valence-corrected chi connectivity index (χ2v) is 9.28. The highest BCUT2D eigenvalue weighted by atomic mass is 16.5. The lowest BCUT2D eigenvalue weighted by Crippen LogP contribution is -2.12. The molecule has 1 fully saturated rings. The van der Waals surface area contributed by atoms with E-state index in [1.54, 1.807) is 0 Å². The first-order valence-corrected chi connectivity index (χ1v) is 12.5. The summed E-state index contributed by atoms with van der Waals surface area (Å²) in [7, 11) is 0. The maximum absolute atomic E-state index is 5.89. The number of rotatable bonds is 7. The maximum Gasteiger partial charge on any atom is 0.119 e. The maximum atomic E-state index is 5.89. The van der Waals surface area contributed by atoms with Crippen molar-refractivity contribution in [1.29, 1.82) is 0 Å². The van der Waals surface area contributed by atoms with Gasteiger partial charge in [-0.1, -0.05) is 69.2 Å². The van der Waals surface area contributed by atoms with E-state index in [1.165, 1.54) is 61.3 Å². The molecule has 1 saturated carbocycles. The fourth-order valence-electron chi connectivity index (χ4n) is 4.82. The topological polar surface area (TPSA) is 9.23 Å². The number of hydrogen-bond donors (Lipinski definition) is 0. The van der Waals surface area contributed by atoms with Crippen molar-refractivity contribution in [3.05, 3.63) is 77.4 Å². The second-order valence-electron chi connectivity index (χ2n) is 9.28. The fraction of sp³-hybridized carbons (Fsp3) is 0.419. The van der Waals surface area contributed by atoms with Crippen molar-refractivity contribution in [1.82, 2.24) is 0 Å². The molecule has 32 heavy (non-hydrogen) atoms. The van der Waals surface area contributed by atoms with E-state index in [4.69, 9.17) is 4.74 Å². The summed E-state index contributed by atoms with van der Waals surface area (Å²) in [6.07, 6.45) is 10.3. The molecule has 0 aromatic heterocycles. The van der Waals surface area contributed by atoms with Gasteiger partial charge in [0.1, 0.15) is 5.75 Å². The monoisotopic (exact) mass is 424 g/mol. The van der Waals surface area contributed by atoms with Gasteiger partial charge in [0, 0.05) is 11.1 Å². The van der Waals surface area contributed by atoms with Crippen molar-refractivity contribution in [2.24, 2.45) is 5.92 Å². The summed E-state index contributed by atoms with van der Waals surface area (Å²) in [5, 5.41) is 2.40. The highest BCUT2D eigenvalue weighted by Crippen LogP contribution is 2.36. The molecule has 166 valence electrons. The molecular formula is C31H36O. The normalized spacial score (nSPS) is 18.2. The first kappa shape index (κ1) is 22.5. The fourth-order valence-corrected chi connectivity index (χ4v) is 4.82. The molecule has 0 aliphatic heterocycles. The van der Waals surface area contributed by atoms with E-state index in [0.717, 1.165) is 41.7 Å². The van der Waals surface area contributed by atoms with E-state index in [0.29, 0.717) is 0 Å². The van der Waals surface area contributed by atoms with Gasteiger partial charge in [-0.15, -0.1) is 0 Å². The molecule has 0 atom stereocenters. The summed E-state index contributed by atoms with van der Waals surface area (Å²) in [4.78, 5) is 0. The van der Waals surface area contributed by atoms with Gasteiger partial charge >= 0.3 is 0 Å². The van der Waals surface area contributed by atoms with E-state index in [2.05, 4.69) is 86.4 Å². The average Bonchev–Trinajstić information content (AvgIpc) is 2.85. The lowest BCUT2D eigenvalue weighted by Gasteiger charge is -2.28. The van der Waals surface area contributed by atoms with Gasteiger partial charge in [-0.2, -0.15) is 0 Å². The Morgan fingerprint density at radius 2 is 1.44 bits per heavy atom. The zero-order valence-electron chi connectivity index (χ0n) is 19.7. The first-order valence-electron chi connectivity index (χ1n) is 12.5. The zero-order valence-corrected chi connectivity index (χ0v) is 19.7. The van der Waals surface area contributed by atoms with Gasteiger partial charge in [-0.3, -0.25) is 0 Å². The molecule has 3 aromatic rings. The van der Waals surface area contributed by atoms with Gasteiger partial charge in [0.25, 0.3) is 0 Å². The van der Waals surface area contributed by atoms with Gasteiger partial charge in [0.15, 0.2) is 0 Å². The Morgan fingerprint density at radius 1 is 0.750 bits per heavy atom. The Hall–Kier alpha value is -2.72. The van der Waals surface area contributed by atoms with Gasteiger partial charge in [0.2, 0.25) is 0 Å². The molecule has 0 spiro atoms. The highest BCUT2D eigenvalue weighted by molar-refractivity contribution is 5.85. The van der Waals surface area contributed by atoms with Crippen LogP contribution in [-0.2, 0) is 0 Å². The van der Waals surface area contributed by atoms with Crippen LogP contribution in [0.2, 0.25) is 0 Å². The number of hydrogen-bond acceptors (Lipinski definition) is 1. The van der Waals surface area contributed by atoms with Crippen LogP contribution in [0.5, 0.6) is 5.75 Å². The molecule has 3 aromatic carbocycles. The predicted octanol–water partition coefficient (Wildman–Crippen LogP) is 8.49. The van der Waals surface area contributed by atoms with Crippen LogP contribution in [0.1, 0.15) is 87.8 Å². The van der Waals surface area contributed by atoms with Gasteiger partial charge in [-0.25, -0.2) is 0 Å². The molecule has 0 saturated heterocycles. The van der Waals surface area contributed by atoms with Gasteiger partial charge in [0.05, 0.1) is 6.61 Å². The predicted molar refractivity (Wildman–Crippen MR) is 136 cm³/mol.